The lowest BCUT2D eigenvalue weighted by Crippen LogP contribution is -2.27. The maximum atomic E-state index is 12.3. The Balaban J connectivity index is 2.73. The van der Waals surface area contributed by atoms with Crippen molar-refractivity contribution in [2.45, 2.75) is 0 Å². The second kappa shape index (κ2) is 7.88. The molecule has 0 fully saturated rings. The summed E-state index contributed by atoms with van der Waals surface area (Å²) in [7, 11) is 2.45. The predicted molar refractivity (Wildman–Crippen MR) is 96.0 cm³/mol. The molecule has 0 unspecified atom stereocenters. The van der Waals surface area contributed by atoms with Crippen LogP contribution in [0.15, 0.2) is 52.3 Å². The SMILES string of the molecule is COC(=O)C1=C(C(=O)OC)N(c2ccc(Cl)c(Br)c2Cl)C=CC=C1. The van der Waals surface area contributed by atoms with E-state index in [2.05, 4.69) is 15.9 Å². The normalized spacial score (nSPS) is 13.8. The third-order valence-corrected chi connectivity index (χ3v) is 5.14. The summed E-state index contributed by atoms with van der Waals surface area (Å²) in [5.74, 6) is -1.39. The number of ether oxygens (including phenoxy) is 2. The van der Waals surface area contributed by atoms with Crippen LogP contribution in [0.25, 0.3) is 0 Å². The molecule has 0 bridgehead atoms. The van der Waals surface area contributed by atoms with Crippen molar-refractivity contribution in [3.05, 3.63) is 62.3 Å². The van der Waals surface area contributed by atoms with Gasteiger partial charge in [0.25, 0.3) is 0 Å². The molecule has 2 rings (SSSR count). The van der Waals surface area contributed by atoms with E-state index < -0.39 is 11.9 Å². The van der Waals surface area contributed by atoms with Crippen LogP contribution in [0.4, 0.5) is 5.69 Å². The number of carbonyl (C=O) groups excluding carboxylic acids is 2. The number of nitrogens with zero attached hydrogens (tertiary/aromatic N) is 1. The summed E-state index contributed by atoms with van der Waals surface area (Å²) in [5, 5.41) is 0.692. The average Bonchev–Trinajstić information content (AvgIpc) is 2.81. The smallest absolute Gasteiger partial charge is 0.355 e. The molecule has 0 radical (unpaired) electrons. The molecule has 1 aliphatic heterocycles. The summed E-state index contributed by atoms with van der Waals surface area (Å²) in [6, 6.07) is 3.24. The van der Waals surface area contributed by atoms with E-state index in [-0.39, 0.29) is 16.3 Å². The van der Waals surface area contributed by atoms with Crippen LogP contribution in [0.5, 0.6) is 0 Å². The lowest BCUT2D eigenvalue weighted by atomic mass is 10.1. The van der Waals surface area contributed by atoms with Gasteiger partial charge in [0, 0.05) is 6.20 Å². The van der Waals surface area contributed by atoms with Gasteiger partial charge in [0.15, 0.2) is 0 Å². The monoisotopic (exact) mass is 431 g/mol. The van der Waals surface area contributed by atoms with E-state index in [1.165, 1.54) is 25.2 Å². The standard InChI is InChI=1S/C16H12BrCl2NO4/c1-23-15(21)9-5-3-4-8-20(14(9)16(22)24-2)11-7-6-10(18)12(17)13(11)19/h3-8H,1-2H3. The first-order valence-corrected chi connectivity index (χ1v) is 8.15. The van der Waals surface area contributed by atoms with Gasteiger partial charge in [0.2, 0.25) is 0 Å². The number of rotatable bonds is 3. The Labute approximate surface area is 157 Å². The number of halogens is 3. The lowest BCUT2D eigenvalue weighted by Gasteiger charge is -2.24. The zero-order valence-corrected chi connectivity index (χ0v) is 15.8. The molecule has 0 aliphatic carbocycles. The minimum atomic E-state index is -0.714. The first-order chi connectivity index (χ1) is 11.4. The van der Waals surface area contributed by atoms with Gasteiger partial charge in [-0.3, -0.25) is 0 Å². The molecule has 1 aromatic carbocycles. The van der Waals surface area contributed by atoms with Gasteiger partial charge in [-0.15, -0.1) is 0 Å². The Morgan fingerprint density at radius 3 is 2.38 bits per heavy atom. The fraction of sp³-hybridized carbons (Fsp3) is 0.125. The van der Waals surface area contributed by atoms with Crippen molar-refractivity contribution in [1.29, 1.82) is 0 Å². The van der Waals surface area contributed by atoms with Crippen molar-refractivity contribution in [1.82, 2.24) is 0 Å². The Bertz CT molecular complexity index is 787. The molecule has 1 aliphatic rings. The number of benzene rings is 1. The molecular formula is C16H12BrCl2NO4. The van der Waals surface area contributed by atoms with Gasteiger partial charge < -0.3 is 14.4 Å². The number of carbonyl (C=O) groups is 2. The first-order valence-electron chi connectivity index (χ1n) is 6.60. The highest BCUT2D eigenvalue weighted by Crippen LogP contribution is 2.40. The van der Waals surface area contributed by atoms with Crippen LogP contribution in [0.3, 0.4) is 0 Å². The molecule has 1 aromatic rings. The van der Waals surface area contributed by atoms with Gasteiger partial charge in [0.05, 0.1) is 40.0 Å². The molecule has 5 nitrogen and oxygen atoms in total. The summed E-state index contributed by atoms with van der Waals surface area (Å²) in [6.07, 6.45) is 6.31. The van der Waals surface area contributed by atoms with Crippen molar-refractivity contribution in [2.75, 3.05) is 19.1 Å². The fourth-order valence-corrected chi connectivity index (χ4v) is 2.85. The van der Waals surface area contributed by atoms with Crippen molar-refractivity contribution < 1.29 is 19.1 Å². The van der Waals surface area contributed by atoms with Crippen LogP contribution in [0.1, 0.15) is 0 Å². The van der Waals surface area contributed by atoms with Crippen molar-refractivity contribution in [3.8, 4) is 0 Å². The summed E-state index contributed by atoms with van der Waals surface area (Å²) in [5.41, 5.74) is 0.455. The fourth-order valence-electron chi connectivity index (χ4n) is 2.05. The molecular weight excluding hydrogens is 421 g/mol. The van der Waals surface area contributed by atoms with Crippen molar-refractivity contribution >= 4 is 56.8 Å². The Morgan fingerprint density at radius 2 is 1.75 bits per heavy atom. The maximum Gasteiger partial charge on any atom is 0.355 e. The molecule has 0 saturated carbocycles. The summed E-state index contributed by atoms with van der Waals surface area (Å²) < 4.78 is 10.0. The Morgan fingerprint density at radius 1 is 1.08 bits per heavy atom. The van der Waals surface area contributed by atoms with Gasteiger partial charge >= 0.3 is 11.9 Å². The minimum absolute atomic E-state index is 0.0227. The molecule has 8 heteroatoms. The van der Waals surface area contributed by atoms with Gasteiger partial charge in [-0.1, -0.05) is 29.3 Å². The van der Waals surface area contributed by atoms with Gasteiger partial charge in [-0.2, -0.15) is 0 Å². The number of anilines is 1. The third kappa shape index (κ3) is 3.50. The molecule has 24 heavy (non-hydrogen) atoms. The van der Waals surface area contributed by atoms with E-state index in [1.54, 1.807) is 30.5 Å². The highest BCUT2D eigenvalue weighted by atomic mass is 79.9. The van der Waals surface area contributed by atoms with E-state index in [0.717, 1.165) is 0 Å². The molecule has 0 atom stereocenters. The zero-order valence-electron chi connectivity index (χ0n) is 12.7. The van der Waals surface area contributed by atoms with E-state index in [4.69, 9.17) is 32.7 Å². The Kier molecular flexibility index (Phi) is 6.10. The van der Waals surface area contributed by atoms with Crippen molar-refractivity contribution in [3.63, 3.8) is 0 Å². The lowest BCUT2D eigenvalue weighted by molar-refractivity contribution is -0.139. The first kappa shape index (κ1) is 18.6. The van der Waals surface area contributed by atoms with Gasteiger partial charge in [-0.05, 0) is 40.2 Å². The third-order valence-electron chi connectivity index (χ3n) is 3.16. The number of allylic oxidation sites excluding steroid dienone is 2. The van der Waals surface area contributed by atoms with E-state index in [1.807, 2.05) is 0 Å². The van der Waals surface area contributed by atoms with Gasteiger partial charge in [-0.25, -0.2) is 9.59 Å². The molecule has 0 spiro atoms. The average molecular weight is 433 g/mol. The highest BCUT2D eigenvalue weighted by molar-refractivity contribution is 9.10. The highest BCUT2D eigenvalue weighted by Gasteiger charge is 2.29. The molecule has 0 saturated heterocycles. The molecule has 1 heterocycles. The van der Waals surface area contributed by atoms with Crippen LogP contribution >= 0.6 is 39.1 Å². The second-order valence-corrected chi connectivity index (χ2v) is 6.09. The molecule has 126 valence electrons. The maximum absolute atomic E-state index is 12.3. The number of esters is 2. The van der Waals surface area contributed by atoms with Crippen LogP contribution in [-0.4, -0.2) is 26.2 Å². The number of hydrogen-bond acceptors (Lipinski definition) is 5. The second-order valence-electron chi connectivity index (χ2n) is 4.51. The van der Waals surface area contributed by atoms with Crippen LogP contribution in [0, 0.1) is 0 Å². The number of methoxy groups -OCH3 is 2. The van der Waals surface area contributed by atoms with Crippen LogP contribution in [-0.2, 0) is 19.1 Å². The van der Waals surface area contributed by atoms with Crippen LogP contribution in [0.2, 0.25) is 10.0 Å². The van der Waals surface area contributed by atoms with E-state index >= 15 is 0 Å². The summed E-state index contributed by atoms with van der Waals surface area (Å²) in [4.78, 5) is 25.8. The number of hydrogen-bond donors (Lipinski definition) is 0. The van der Waals surface area contributed by atoms with E-state index in [9.17, 15) is 9.59 Å². The summed E-state index contributed by atoms with van der Waals surface area (Å²) >= 11 is 15.7. The van der Waals surface area contributed by atoms with Crippen molar-refractivity contribution in [2.24, 2.45) is 0 Å². The molecule has 0 aromatic heterocycles. The van der Waals surface area contributed by atoms with E-state index in [0.29, 0.717) is 15.2 Å². The molecule has 0 amide bonds. The minimum Gasteiger partial charge on any atom is -0.465 e. The van der Waals surface area contributed by atoms with Gasteiger partial charge in [0.1, 0.15) is 5.70 Å². The largest absolute Gasteiger partial charge is 0.465 e. The predicted octanol–water partition coefficient (Wildman–Crippen LogP) is 4.25. The molecule has 0 N–H and O–H groups in total. The Hall–Kier alpha value is -1.76. The zero-order chi connectivity index (χ0) is 17.9. The topological polar surface area (TPSA) is 55.8 Å². The quantitative estimate of drug-likeness (QED) is 0.528. The summed E-state index contributed by atoms with van der Waals surface area (Å²) in [6.45, 7) is 0. The van der Waals surface area contributed by atoms with Crippen LogP contribution < -0.4 is 4.90 Å².